The van der Waals surface area contributed by atoms with Crippen molar-refractivity contribution in [2.75, 3.05) is 0 Å². The molecule has 8 heavy (non-hydrogen) atoms. The maximum Gasteiger partial charge on any atom is 0.233 e. The molecule has 0 atom stereocenters. The van der Waals surface area contributed by atoms with E-state index in [-0.39, 0.29) is 4.91 Å². The summed E-state index contributed by atoms with van der Waals surface area (Å²) in [5.74, 6) is 0. The molecule has 0 heterocycles. The Morgan fingerprint density at radius 1 is 1.62 bits per heavy atom. The third-order valence-electron chi connectivity index (χ3n) is 0.855. The zero-order valence-electron chi connectivity index (χ0n) is 4.88. The quantitative estimate of drug-likeness (QED) is 0.558. The van der Waals surface area contributed by atoms with Crippen molar-refractivity contribution in [1.29, 1.82) is 0 Å². The van der Waals surface area contributed by atoms with Gasteiger partial charge in [0.25, 0.3) is 0 Å². The number of primary sulfonamides is 1. The lowest BCUT2D eigenvalue weighted by molar-refractivity contribution is 0.603. The largest absolute Gasteiger partial charge is 0.233 e. The maximum atomic E-state index is 10.3. The van der Waals surface area contributed by atoms with Gasteiger partial charge in [-0.2, -0.15) is 0 Å². The van der Waals surface area contributed by atoms with E-state index in [9.17, 15) is 8.42 Å². The summed E-state index contributed by atoms with van der Waals surface area (Å²) in [5.41, 5.74) is 0. The minimum atomic E-state index is -3.39. The predicted molar refractivity (Wildman–Crippen MR) is 32.5 cm³/mol. The third kappa shape index (κ3) is 2.09. The first-order valence-corrected chi connectivity index (χ1v) is 3.69. The SMILES string of the molecule is CC=C(C)S(N)(=O)=O. The molecule has 2 N–H and O–H groups in total. The molecule has 0 aromatic carbocycles. The number of allylic oxidation sites excluding steroid dienone is 2. The maximum absolute atomic E-state index is 10.3. The molecule has 3 nitrogen and oxygen atoms in total. The van der Waals surface area contributed by atoms with Gasteiger partial charge in [-0.3, -0.25) is 0 Å². The van der Waals surface area contributed by atoms with Crippen molar-refractivity contribution in [3.8, 4) is 0 Å². The molecule has 0 aliphatic rings. The Kier molecular flexibility index (Phi) is 2.18. The summed E-state index contributed by atoms with van der Waals surface area (Å²) in [4.78, 5) is 0.206. The number of sulfonamides is 1. The molecule has 0 rings (SSSR count). The van der Waals surface area contributed by atoms with E-state index >= 15 is 0 Å². The third-order valence-corrected chi connectivity index (χ3v) is 1.99. The monoisotopic (exact) mass is 135 g/mol. The average Bonchev–Trinajstić information content (AvgIpc) is 1.62. The molecule has 0 amide bonds. The molecule has 0 bridgehead atoms. The van der Waals surface area contributed by atoms with Crippen molar-refractivity contribution in [3.63, 3.8) is 0 Å². The van der Waals surface area contributed by atoms with E-state index in [1.165, 1.54) is 13.0 Å². The second-order valence-corrected chi connectivity index (χ2v) is 3.18. The number of nitrogens with two attached hydrogens (primary N) is 1. The van der Waals surface area contributed by atoms with Crippen molar-refractivity contribution < 1.29 is 8.42 Å². The van der Waals surface area contributed by atoms with Crippen molar-refractivity contribution in [2.24, 2.45) is 5.14 Å². The van der Waals surface area contributed by atoms with Crippen LogP contribution in [0.2, 0.25) is 0 Å². The summed E-state index contributed by atoms with van der Waals surface area (Å²) in [5, 5.41) is 4.69. The second kappa shape index (κ2) is 2.28. The van der Waals surface area contributed by atoms with Crippen LogP contribution in [0.4, 0.5) is 0 Å². The average molecular weight is 135 g/mol. The van der Waals surface area contributed by atoms with Crippen LogP contribution in [0.25, 0.3) is 0 Å². The normalized spacial score (nSPS) is 14.1. The van der Waals surface area contributed by atoms with E-state index in [1.54, 1.807) is 6.92 Å². The van der Waals surface area contributed by atoms with Crippen LogP contribution in [-0.2, 0) is 10.0 Å². The van der Waals surface area contributed by atoms with Crippen molar-refractivity contribution in [2.45, 2.75) is 13.8 Å². The van der Waals surface area contributed by atoms with E-state index in [0.717, 1.165) is 0 Å². The van der Waals surface area contributed by atoms with Crippen LogP contribution in [0, 0.1) is 0 Å². The van der Waals surface area contributed by atoms with Crippen LogP contribution >= 0.6 is 0 Å². The lowest BCUT2D eigenvalue weighted by Crippen LogP contribution is -2.12. The van der Waals surface area contributed by atoms with Gasteiger partial charge in [-0.1, -0.05) is 6.08 Å². The molecule has 0 fully saturated rings. The van der Waals surface area contributed by atoms with Crippen molar-refractivity contribution >= 4 is 10.0 Å². The topological polar surface area (TPSA) is 60.2 Å². The molecule has 0 saturated carbocycles. The van der Waals surface area contributed by atoms with Gasteiger partial charge in [0, 0.05) is 0 Å². The molecule has 0 aliphatic carbocycles. The molecule has 4 heteroatoms. The lowest BCUT2D eigenvalue weighted by Gasteiger charge is -1.91. The molecular weight excluding hydrogens is 126 g/mol. The number of hydrogen-bond acceptors (Lipinski definition) is 2. The molecule has 48 valence electrons. The highest BCUT2D eigenvalue weighted by molar-refractivity contribution is 7.93. The Hall–Kier alpha value is -0.350. The van der Waals surface area contributed by atoms with Crippen LogP contribution in [0.5, 0.6) is 0 Å². The summed E-state index contributed by atoms with van der Waals surface area (Å²) in [6, 6.07) is 0. The second-order valence-electron chi connectivity index (χ2n) is 1.44. The fourth-order valence-corrected chi connectivity index (χ4v) is 0.493. The first kappa shape index (κ1) is 7.65. The molecule has 0 aliphatic heterocycles. The van der Waals surface area contributed by atoms with Gasteiger partial charge in [-0.05, 0) is 13.8 Å². The molecule has 0 radical (unpaired) electrons. The number of hydrogen-bond donors (Lipinski definition) is 1. The lowest BCUT2D eigenvalue weighted by atomic mass is 10.6. The van der Waals surface area contributed by atoms with Gasteiger partial charge >= 0.3 is 0 Å². The van der Waals surface area contributed by atoms with Crippen LogP contribution in [0.15, 0.2) is 11.0 Å². The molecule has 0 spiro atoms. The molecular formula is C4H9NO2S. The Morgan fingerprint density at radius 2 is 2.00 bits per heavy atom. The van der Waals surface area contributed by atoms with Crippen LogP contribution in [0.1, 0.15) is 13.8 Å². The van der Waals surface area contributed by atoms with Gasteiger partial charge in [0.05, 0.1) is 4.91 Å². The predicted octanol–water partition coefficient (Wildman–Crippen LogP) is 0.199. The van der Waals surface area contributed by atoms with E-state index in [4.69, 9.17) is 5.14 Å². The highest BCUT2D eigenvalue weighted by Gasteiger charge is 2.01. The zero-order valence-corrected chi connectivity index (χ0v) is 5.70. The fraction of sp³-hybridized carbons (Fsp3) is 0.500. The smallest absolute Gasteiger partial charge is 0.225 e. The van der Waals surface area contributed by atoms with Crippen molar-refractivity contribution in [1.82, 2.24) is 0 Å². The first-order chi connectivity index (χ1) is 3.48. The van der Waals surface area contributed by atoms with Gasteiger partial charge in [-0.25, -0.2) is 13.6 Å². The zero-order chi connectivity index (χ0) is 6.78. The van der Waals surface area contributed by atoms with Gasteiger partial charge in [0.1, 0.15) is 0 Å². The van der Waals surface area contributed by atoms with Crippen LogP contribution in [0.3, 0.4) is 0 Å². The summed E-state index contributed by atoms with van der Waals surface area (Å²) < 4.78 is 20.5. The standard InChI is InChI=1S/C4H9NO2S/c1-3-4(2)8(5,6)7/h3H,1-2H3,(H2,5,6,7). The van der Waals surface area contributed by atoms with E-state index in [2.05, 4.69) is 0 Å². The van der Waals surface area contributed by atoms with Crippen molar-refractivity contribution in [3.05, 3.63) is 11.0 Å². The highest BCUT2D eigenvalue weighted by atomic mass is 32.2. The molecule has 0 saturated heterocycles. The van der Waals surface area contributed by atoms with Gasteiger partial charge in [-0.15, -0.1) is 0 Å². The van der Waals surface area contributed by atoms with E-state index < -0.39 is 10.0 Å². The van der Waals surface area contributed by atoms with E-state index in [1.807, 2.05) is 0 Å². The Labute approximate surface area is 49.2 Å². The number of rotatable bonds is 1. The highest BCUT2D eigenvalue weighted by Crippen LogP contribution is 1.96. The Balaban J connectivity index is 4.55. The Morgan fingerprint density at radius 3 is 2.00 bits per heavy atom. The van der Waals surface area contributed by atoms with Crippen LogP contribution in [-0.4, -0.2) is 8.42 Å². The summed E-state index contributed by atoms with van der Waals surface area (Å²) in [7, 11) is -3.39. The summed E-state index contributed by atoms with van der Waals surface area (Å²) in [6.45, 7) is 3.08. The van der Waals surface area contributed by atoms with Gasteiger partial charge in [0.15, 0.2) is 0 Å². The molecule has 0 unspecified atom stereocenters. The summed E-state index contributed by atoms with van der Waals surface area (Å²) in [6.07, 6.45) is 1.45. The van der Waals surface area contributed by atoms with E-state index in [0.29, 0.717) is 0 Å². The summed E-state index contributed by atoms with van der Waals surface area (Å²) >= 11 is 0. The Bertz CT molecular complexity index is 190. The van der Waals surface area contributed by atoms with Gasteiger partial charge < -0.3 is 0 Å². The molecule has 0 aromatic heterocycles. The first-order valence-electron chi connectivity index (χ1n) is 2.14. The van der Waals surface area contributed by atoms with Crippen LogP contribution < -0.4 is 5.14 Å². The fourth-order valence-electron chi connectivity index (χ4n) is 0.164. The molecule has 0 aromatic rings. The minimum Gasteiger partial charge on any atom is -0.225 e. The minimum absolute atomic E-state index is 0.206. The van der Waals surface area contributed by atoms with Gasteiger partial charge in [0.2, 0.25) is 10.0 Å².